The summed E-state index contributed by atoms with van der Waals surface area (Å²) in [4.78, 5) is 5.61. The first-order chi connectivity index (χ1) is 14.5. The van der Waals surface area contributed by atoms with Gasteiger partial charge in [-0.1, -0.05) is 29.5 Å². The van der Waals surface area contributed by atoms with E-state index in [0.717, 1.165) is 16.1 Å². The number of benzene rings is 2. The number of piperazine rings is 1. The number of hydrogen-bond donors (Lipinski definition) is 3. The molecule has 1 aliphatic rings. The van der Waals surface area contributed by atoms with E-state index in [0.29, 0.717) is 36.2 Å². The van der Waals surface area contributed by atoms with Gasteiger partial charge in [0, 0.05) is 42.9 Å². The van der Waals surface area contributed by atoms with E-state index < -0.39 is 10.0 Å². The Kier molecular flexibility index (Phi) is 6.14. The fourth-order valence-electron chi connectivity index (χ4n) is 3.10. The Morgan fingerprint density at radius 2 is 1.87 bits per heavy atom. The lowest BCUT2D eigenvalue weighted by atomic mass is 10.2. The van der Waals surface area contributed by atoms with Gasteiger partial charge in [-0.25, -0.2) is 13.4 Å². The Balaban J connectivity index is 1.41. The van der Waals surface area contributed by atoms with Crippen molar-refractivity contribution in [1.29, 1.82) is 0 Å². The molecule has 1 fully saturated rings. The summed E-state index contributed by atoms with van der Waals surface area (Å²) >= 11 is 1.48. The van der Waals surface area contributed by atoms with Gasteiger partial charge in [0.1, 0.15) is 5.75 Å². The Labute approximate surface area is 179 Å². The smallest absolute Gasteiger partial charge is 0.243 e. The zero-order chi connectivity index (χ0) is 21.0. The standard InChI is InChI=1S/C21H22N4O3S2/c26-18-3-1-2-16(14-18)4-7-19-15-23-21(29-19)24-17-5-8-20(9-6-17)30(27,28)25-12-10-22-11-13-25/h1-9,14-15,22,26H,10-13H2,(H,23,24)/b7-4+. The Morgan fingerprint density at radius 3 is 2.60 bits per heavy atom. The van der Waals surface area contributed by atoms with Gasteiger partial charge in [0.2, 0.25) is 10.0 Å². The van der Waals surface area contributed by atoms with Crippen molar-refractivity contribution in [3.63, 3.8) is 0 Å². The highest BCUT2D eigenvalue weighted by Gasteiger charge is 2.25. The third kappa shape index (κ3) is 4.88. The van der Waals surface area contributed by atoms with Crippen LogP contribution in [0.3, 0.4) is 0 Å². The summed E-state index contributed by atoms with van der Waals surface area (Å²) in [5.41, 5.74) is 1.67. The number of thiazole rings is 1. The first kappa shape index (κ1) is 20.5. The number of aromatic nitrogens is 1. The number of nitrogens with one attached hydrogen (secondary N) is 2. The quantitative estimate of drug-likeness (QED) is 0.542. The maximum absolute atomic E-state index is 12.7. The fraction of sp³-hybridized carbons (Fsp3) is 0.190. The molecule has 0 radical (unpaired) electrons. The Bertz CT molecular complexity index is 1140. The molecule has 2 aromatic carbocycles. The molecule has 4 rings (SSSR count). The molecule has 0 bridgehead atoms. The van der Waals surface area contributed by atoms with Crippen LogP contribution >= 0.6 is 11.3 Å². The van der Waals surface area contributed by atoms with E-state index in [1.165, 1.54) is 15.6 Å². The molecule has 0 atom stereocenters. The van der Waals surface area contributed by atoms with Crippen LogP contribution in [-0.4, -0.2) is 49.0 Å². The molecule has 1 aliphatic heterocycles. The van der Waals surface area contributed by atoms with Crippen LogP contribution < -0.4 is 10.6 Å². The van der Waals surface area contributed by atoms with E-state index in [2.05, 4.69) is 15.6 Å². The van der Waals surface area contributed by atoms with Gasteiger partial charge in [-0.3, -0.25) is 0 Å². The van der Waals surface area contributed by atoms with Gasteiger partial charge in [-0.2, -0.15) is 4.31 Å². The molecule has 9 heteroatoms. The second-order valence-corrected chi connectivity index (χ2v) is 9.80. The summed E-state index contributed by atoms with van der Waals surface area (Å²) in [6, 6.07) is 13.8. The minimum absolute atomic E-state index is 0.228. The van der Waals surface area contributed by atoms with Gasteiger partial charge in [0.25, 0.3) is 0 Å². The van der Waals surface area contributed by atoms with Gasteiger partial charge < -0.3 is 15.7 Å². The Hall–Kier alpha value is -2.72. The van der Waals surface area contributed by atoms with Crippen LogP contribution in [0.1, 0.15) is 10.4 Å². The summed E-state index contributed by atoms with van der Waals surface area (Å²) in [6.07, 6.45) is 5.60. The first-order valence-electron chi connectivity index (χ1n) is 9.52. The van der Waals surface area contributed by atoms with E-state index >= 15 is 0 Å². The summed E-state index contributed by atoms with van der Waals surface area (Å²) in [5, 5.41) is 16.6. The monoisotopic (exact) mass is 442 g/mol. The first-order valence-corrected chi connectivity index (χ1v) is 11.8. The number of hydrogen-bond acceptors (Lipinski definition) is 7. The topological polar surface area (TPSA) is 94.6 Å². The molecule has 156 valence electrons. The van der Waals surface area contributed by atoms with Crippen molar-refractivity contribution in [1.82, 2.24) is 14.6 Å². The zero-order valence-electron chi connectivity index (χ0n) is 16.2. The van der Waals surface area contributed by atoms with Gasteiger partial charge in [-0.15, -0.1) is 0 Å². The maximum atomic E-state index is 12.7. The zero-order valence-corrected chi connectivity index (χ0v) is 17.8. The van der Waals surface area contributed by atoms with Crippen molar-refractivity contribution < 1.29 is 13.5 Å². The lowest BCUT2D eigenvalue weighted by Gasteiger charge is -2.26. The van der Waals surface area contributed by atoms with Crippen molar-refractivity contribution in [2.75, 3.05) is 31.5 Å². The van der Waals surface area contributed by atoms with Crippen LogP contribution in [0, 0.1) is 0 Å². The number of sulfonamides is 1. The van der Waals surface area contributed by atoms with Gasteiger partial charge in [0.05, 0.1) is 4.90 Å². The van der Waals surface area contributed by atoms with Crippen molar-refractivity contribution in [3.05, 3.63) is 65.2 Å². The molecule has 0 saturated carbocycles. The normalized spacial score (nSPS) is 15.5. The minimum atomic E-state index is -3.46. The molecule has 1 saturated heterocycles. The second kappa shape index (κ2) is 8.97. The van der Waals surface area contributed by atoms with E-state index in [9.17, 15) is 13.5 Å². The summed E-state index contributed by atoms with van der Waals surface area (Å²) in [7, 11) is -3.46. The van der Waals surface area contributed by atoms with E-state index in [1.54, 1.807) is 48.7 Å². The average molecular weight is 443 g/mol. The summed E-state index contributed by atoms with van der Waals surface area (Å²) in [5.74, 6) is 0.228. The number of anilines is 2. The molecule has 0 aliphatic carbocycles. The number of phenolic OH excluding ortho intramolecular Hbond substituents is 1. The van der Waals surface area contributed by atoms with E-state index in [4.69, 9.17) is 0 Å². The third-order valence-corrected chi connectivity index (χ3v) is 7.44. The van der Waals surface area contributed by atoms with E-state index in [-0.39, 0.29) is 5.75 Å². The molecular formula is C21H22N4O3S2. The molecule has 7 nitrogen and oxygen atoms in total. The molecule has 0 unspecified atom stereocenters. The fourth-order valence-corrected chi connectivity index (χ4v) is 5.28. The predicted octanol–water partition coefficient (Wildman–Crippen LogP) is 3.36. The molecule has 3 aromatic rings. The molecule has 30 heavy (non-hydrogen) atoms. The molecule has 0 amide bonds. The van der Waals surface area contributed by atoms with Crippen molar-refractivity contribution in [2.24, 2.45) is 0 Å². The highest BCUT2D eigenvalue weighted by atomic mass is 32.2. The maximum Gasteiger partial charge on any atom is 0.243 e. The van der Waals surface area contributed by atoms with Crippen molar-refractivity contribution in [3.8, 4) is 5.75 Å². The molecular weight excluding hydrogens is 420 g/mol. The van der Waals surface area contributed by atoms with Gasteiger partial charge in [-0.05, 0) is 48.0 Å². The lowest BCUT2D eigenvalue weighted by Crippen LogP contribution is -2.46. The Morgan fingerprint density at radius 1 is 1.10 bits per heavy atom. The molecule has 2 heterocycles. The van der Waals surface area contributed by atoms with Crippen molar-refractivity contribution >= 4 is 44.3 Å². The minimum Gasteiger partial charge on any atom is -0.508 e. The van der Waals surface area contributed by atoms with Crippen LogP contribution in [0.2, 0.25) is 0 Å². The summed E-state index contributed by atoms with van der Waals surface area (Å²) in [6.45, 7) is 2.32. The van der Waals surface area contributed by atoms with Crippen LogP contribution in [0.5, 0.6) is 5.75 Å². The van der Waals surface area contributed by atoms with Crippen LogP contribution in [-0.2, 0) is 10.0 Å². The number of rotatable bonds is 6. The number of phenols is 1. The highest BCUT2D eigenvalue weighted by Crippen LogP contribution is 2.26. The van der Waals surface area contributed by atoms with Gasteiger partial charge >= 0.3 is 0 Å². The molecule has 1 aromatic heterocycles. The SMILES string of the molecule is O=S(=O)(c1ccc(Nc2ncc(/C=C/c3cccc(O)c3)s2)cc1)N1CCNCC1. The third-order valence-electron chi connectivity index (χ3n) is 4.65. The summed E-state index contributed by atoms with van der Waals surface area (Å²) < 4.78 is 26.9. The van der Waals surface area contributed by atoms with Crippen LogP contribution in [0.4, 0.5) is 10.8 Å². The molecule has 0 spiro atoms. The van der Waals surface area contributed by atoms with Crippen LogP contribution in [0.15, 0.2) is 59.6 Å². The number of nitrogens with zero attached hydrogens (tertiary/aromatic N) is 2. The second-order valence-electron chi connectivity index (χ2n) is 6.80. The van der Waals surface area contributed by atoms with E-state index in [1.807, 2.05) is 18.2 Å². The molecule has 3 N–H and O–H groups in total. The van der Waals surface area contributed by atoms with Crippen LogP contribution in [0.25, 0.3) is 12.2 Å². The average Bonchev–Trinajstić information content (AvgIpc) is 3.21. The largest absolute Gasteiger partial charge is 0.508 e. The lowest BCUT2D eigenvalue weighted by molar-refractivity contribution is 0.360. The van der Waals surface area contributed by atoms with Gasteiger partial charge in [0.15, 0.2) is 5.13 Å². The predicted molar refractivity (Wildman–Crippen MR) is 121 cm³/mol. The highest BCUT2D eigenvalue weighted by molar-refractivity contribution is 7.89. The number of aromatic hydroxyl groups is 1. The van der Waals surface area contributed by atoms with Crippen molar-refractivity contribution in [2.45, 2.75) is 4.90 Å².